The second kappa shape index (κ2) is 7.23. The van der Waals surface area contributed by atoms with Crippen LogP contribution in [0.2, 0.25) is 0 Å². The molecule has 4 rings (SSSR count). The van der Waals surface area contributed by atoms with Gasteiger partial charge in [0.2, 0.25) is 0 Å². The molecule has 3 heteroatoms. The second-order valence-electron chi connectivity index (χ2n) is 9.64. The van der Waals surface area contributed by atoms with Crippen LogP contribution < -0.4 is 0 Å². The highest BCUT2D eigenvalue weighted by Gasteiger charge is 2.51. The zero-order valence-corrected chi connectivity index (χ0v) is 18.0. The number of aliphatic hydroxyl groups excluding tert-OH is 1. The van der Waals surface area contributed by atoms with Gasteiger partial charge in [0.1, 0.15) is 12.9 Å². The van der Waals surface area contributed by atoms with Crippen molar-refractivity contribution in [2.24, 2.45) is 23.2 Å². The number of benzene rings is 2. The molecule has 28 heavy (non-hydrogen) atoms. The highest BCUT2D eigenvalue weighted by Crippen LogP contribution is 2.70. The van der Waals surface area contributed by atoms with Gasteiger partial charge in [-0.2, -0.15) is 0 Å². The molecular formula is C25H31O2P. The molecule has 2 nitrogen and oxygen atoms in total. The normalized spacial score (nSPS) is 30.3. The van der Waals surface area contributed by atoms with Crippen molar-refractivity contribution < 1.29 is 9.67 Å². The van der Waals surface area contributed by atoms with Crippen molar-refractivity contribution >= 4 is 12.5 Å². The maximum atomic E-state index is 14.5. The first kappa shape index (κ1) is 19.5. The van der Waals surface area contributed by atoms with E-state index in [2.05, 4.69) is 32.9 Å². The number of hydrogen-bond acceptors (Lipinski definition) is 2. The molecule has 0 saturated heterocycles. The molecule has 1 saturated carbocycles. The van der Waals surface area contributed by atoms with Gasteiger partial charge in [-0.25, -0.2) is 0 Å². The van der Waals surface area contributed by atoms with Crippen LogP contribution in [0.25, 0.3) is 5.31 Å². The maximum Gasteiger partial charge on any atom is 0.124 e. The van der Waals surface area contributed by atoms with Gasteiger partial charge in [0.05, 0.1) is 5.31 Å². The lowest BCUT2D eigenvalue weighted by molar-refractivity contribution is 0.170. The summed E-state index contributed by atoms with van der Waals surface area (Å²) >= 11 is 0. The van der Waals surface area contributed by atoms with Crippen molar-refractivity contribution in [3.8, 4) is 0 Å². The van der Waals surface area contributed by atoms with Crippen molar-refractivity contribution in [1.29, 1.82) is 0 Å². The standard InChI is InChI=1S/C25H31O2P/c1-25(2,3)22-15-14-20-21(22)17-28(27,16-18-10-6-4-7-11-18)24(23(20)26)19-12-8-5-9-13-19/h4-13,20-22,26H,14-17H2,1-3H3. The Kier molecular flexibility index (Phi) is 5.04. The first-order valence-electron chi connectivity index (χ1n) is 10.4. The van der Waals surface area contributed by atoms with E-state index < -0.39 is 7.14 Å². The third-order valence-electron chi connectivity index (χ3n) is 6.77. The van der Waals surface area contributed by atoms with Crippen LogP contribution >= 0.6 is 7.14 Å². The average molecular weight is 394 g/mol. The molecule has 1 aliphatic heterocycles. The Morgan fingerprint density at radius 1 is 0.964 bits per heavy atom. The molecule has 0 aromatic heterocycles. The molecule has 2 aromatic rings. The first-order chi connectivity index (χ1) is 13.3. The predicted octanol–water partition coefficient (Wildman–Crippen LogP) is 7.18. The summed E-state index contributed by atoms with van der Waals surface area (Å²) in [5.74, 6) is 1.37. The van der Waals surface area contributed by atoms with Crippen molar-refractivity contribution in [2.45, 2.75) is 39.8 Å². The van der Waals surface area contributed by atoms with E-state index in [4.69, 9.17) is 0 Å². The van der Waals surface area contributed by atoms with Gasteiger partial charge in [0.15, 0.2) is 0 Å². The summed E-state index contributed by atoms with van der Waals surface area (Å²) in [4.78, 5) is 0. The number of allylic oxidation sites excluding steroid dienone is 1. The minimum absolute atomic E-state index is 0.150. The van der Waals surface area contributed by atoms with Gasteiger partial charge in [-0.05, 0) is 41.2 Å². The summed E-state index contributed by atoms with van der Waals surface area (Å²) in [7, 11) is -2.77. The molecule has 0 spiro atoms. The van der Waals surface area contributed by atoms with Crippen LogP contribution in [0.5, 0.6) is 0 Å². The van der Waals surface area contributed by atoms with Gasteiger partial charge in [-0.1, -0.05) is 81.4 Å². The first-order valence-corrected chi connectivity index (χ1v) is 12.5. The lowest BCUT2D eigenvalue weighted by Crippen LogP contribution is -2.32. The summed E-state index contributed by atoms with van der Waals surface area (Å²) in [6, 6.07) is 20.0. The SMILES string of the molecule is CC(C)(C)C1CCC2C(O)=C(c3ccccc3)P(=O)(Cc3ccccc3)CC21. The Balaban J connectivity index is 1.83. The third-order valence-corrected chi connectivity index (χ3v) is 9.96. The zero-order chi connectivity index (χ0) is 19.9. The third kappa shape index (κ3) is 3.48. The Morgan fingerprint density at radius 2 is 1.57 bits per heavy atom. The smallest absolute Gasteiger partial charge is 0.124 e. The zero-order valence-electron chi connectivity index (χ0n) is 17.1. The minimum Gasteiger partial charge on any atom is -0.511 e. The van der Waals surface area contributed by atoms with Crippen molar-refractivity contribution in [3.05, 3.63) is 77.5 Å². The Bertz CT molecular complexity index is 909. The summed E-state index contributed by atoms with van der Waals surface area (Å²) in [6.07, 6.45) is 3.35. The fraction of sp³-hybridized carbons (Fsp3) is 0.440. The van der Waals surface area contributed by atoms with E-state index in [0.717, 1.165) is 29.3 Å². The van der Waals surface area contributed by atoms with Crippen LogP contribution in [0.1, 0.15) is 44.7 Å². The molecule has 2 aliphatic rings. The quantitative estimate of drug-likeness (QED) is 0.560. The number of aliphatic hydroxyl groups is 1. The van der Waals surface area contributed by atoms with Gasteiger partial charge < -0.3 is 9.67 Å². The van der Waals surface area contributed by atoms with Crippen LogP contribution in [0.15, 0.2) is 66.4 Å². The van der Waals surface area contributed by atoms with Gasteiger partial charge in [0, 0.05) is 18.2 Å². The maximum absolute atomic E-state index is 14.5. The van der Waals surface area contributed by atoms with E-state index >= 15 is 0 Å². The lowest BCUT2D eigenvalue weighted by Gasteiger charge is -2.40. The van der Waals surface area contributed by atoms with Crippen molar-refractivity contribution in [2.75, 3.05) is 6.16 Å². The molecule has 0 amide bonds. The van der Waals surface area contributed by atoms with Gasteiger partial charge in [0.25, 0.3) is 0 Å². The fourth-order valence-electron chi connectivity index (χ4n) is 5.55. The largest absolute Gasteiger partial charge is 0.511 e. The summed E-state index contributed by atoms with van der Waals surface area (Å²) < 4.78 is 14.5. The molecule has 1 fully saturated rings. The van der Waals surface area contributed by atoms with Gasteiger partial charge >= 0.3 is 0 Å². The molecule has 1 aliphatic carbocycles. The van der Waals surface area contributed by atoms with Gasteiger partial charge in [-0.3, -0.25) is 0 Å². The van der Waals surface area contributed by atoms with Crippen LogP contribution in [-0.4, -0.2) is 11.3 Å². The number of hydrogen-bond donors (Lipinski definition) is 1. The van der Waals surface area contributed by atoms with Crippen molar-refractivity contribution in [1.82, 2.24) is 0 Å². The minimum atomic E-state index is -2.77. The lowest BCUT2D eigenvalue weighted by atomic mass is 9.73. The van der Waals surface area contributed by atoms with E-state index in [9.17, 15) is 9.67 Å². The average Bonchev–Trinajstić information content (AvgIpc) is 3.07. The molecule has 1 N–H and O–H groups in total. The highest BCUT2D eigenvalue weighted by molar-refractivity contribution is 7.73. The molecular weight excluding hydrogens is 363 g/mol. The van der Waals surface area contributed by atoms with Crippen LogP contribution in [0.3, 0.4) is 0 Å². The van der Waals surface area contributed by atoms with E-state index in [1.54, 1.807) is 0 Å². The number of fused-ring (bicyclic) bond motifs is 1. The van der Waals surface area contributed by atoms with E-state index in [1.165, 1.54) is 0 Å². The Labute approximate surface area is 169 Å². The van der Waals surface area contributed by atoms with Crippen LogP contribution in [0.4, 0.5) is 0 Å². The Morgan fingerprint density at radius 3 is 2.18 bits per heavy atom. The van der Waals surface area contributed by atoms with Crippen LogP contribution in [0, 0.1) is 23.2 Å². The van der Waals surface area contributed by atoms with Crippen molar-refractivity contribution in [3.63, 3.8) is 0 Å². The van der Waals surface area contributed by atoms with E-state index in [1.807, 2.05) is 48.5 Å². The van der Waals surface area contributed by atoms with E-state index in [-0.39, 0.29) is 11.3 Å². The molecule has 1 heterocycles. The topological polar surface area (TPSA) is 37.3 Å². The van der Waals surface area contributed by atoms with E-state index in [0.29, 0.717) is 29.9 Å². The molecule has 0 radical (unpaired) electrons. The van der Waals surface area contributed by atoms with Crippen LogP contribution in [-0.2, 0) is 10.7 Å². The summed E-state index contributed by atoms with van der Waals surface area (Å²) in [6.45, 7) is 6.86. The highest BCUT2D eigenvalue weighted by atomic mass is 31.2. The van der Waals surface area contributed by atoms with Gasteiger partial charge in [-0.15, -0.1) is 0 Å². The monoisotopic (exact) mass is 394 g/mol. The number of rotatable bonds is 3. The second-order valence-corrected chi connectivity index (χ2v) is 12.5. The Hall–Kier alpha value is -1.79. The predicted molar refractivity (Wildman–Crippen MR) is 118 cm³/mol. The molecule has 2 aromatic carbocycles. The summed E-state index contributed by atoms with van der Waals surface area (Å²) in [5.41, 5.74) is 2.19. The molecule has 4 unspecified atom stereocenters. The fourth-order valence-corrected chi connectivity index (χ4v) is 9.22. The molecule has 148 valence electrons. The molecule has 0 bridgehead atoms. The molecule has 4 atom stereocenters. The summed E-state index contributed by atoms with van der Waals surface area (Å²) in [5, 5.41) is 12.1.